The van der Waals surface area contributed by atoms with Gasteiger partial charge in [-0.2, -0.15) is 0 Å². The van der Waals surface area contributed by atoms with Crippen LogP contribution in [0, 0.1) is 0 Å². The molecule has 0 atom stereocenters. The highest BCUT2D eigenvalue weighted by molar-refractivity contribution is 6.31. The van der Waals surface area contributed by atoms with Crippen molar-refractivity contribution in [2.75, 3.05) is 0 Å². The second kappa shape index (κ2) is 4.72. The number of hydrogen-bond acceptors (Lipinski definition) is 3. The molecule has 0 radical (unpaired) electrons. The van der Waals surface area contributed by atoms with Gasteiger partial charge in [-0.15, -0.1) is 5.10 Å². The summed E-state index contributed by atoms with van der Waals surface area (Å²) < 4.78 is 1.46. The summed E-state index contributed by atoms with van der Waals surface area (Å²) in [5.41, 5.74) is 0.790. The number of aliphatic hydroxyl groups is 1. The van der Waals surface area contributed by atoms with Crippen molar-refractivity contribution in [2.45, 2.75) is 19.4 Å². The third-order valence-electron chi connectivity index (χ3n) is 3.30. The van der Waals surface area contributed by atoms with E-state index in [1.807, 2.05) is 24.3 Å². The number of benzene rings is 1. The predicted molar refractivity (Wildman–Crippen MR) is 81.5 cm³/mol. The van der Waals surface area contributed by atoms with Crippen LogP contribution in [0.3, 0.4) is 0 Å². The Morgan fingerprint density at radius 2 is 1.95 bits per heavy atom. The van der Waals surface area contributed by atoms with Crippen LogP contribution in [0.1, 0.15) is 19.4 Å². The quantitative estimate of drug-likeness (QED) is 0.764. The zero-order chi connectivity index (χ0) is 15.2. The molecule has 108 valence electrons. The third-order valence-corrected chi connectivity index (χ3v) is 3.51. The molecule has 0 unspecified atom stereocenters. The van der Waals surface area contributed by atoms with Gasteiger partial charge in [0.1, 0.15) is 5.52 Å². The van der Waals surface area contributed by atoms with E-state index in [2.05, 4.69) is 10.1 Å². The fourth-order valence-electron chi connectivity index (χ4n) is 2.14. The molecule has 0 bridgehead atoms. The summed E-state index contributed by atoms with van der Waals surface area (Å²) in [6.07, 6.45) is 1.58. The molecule has 5 nitrogen and oxygen atoms in total. The number of H-pyrrole nitrogens is 1. The summed E-state index contributed by atoms with van der Waals surface area (Å²) in [6, 6.07) is 8.80. The number of hydrogen-bond donors (Lipinski definition) is 2. The molecule has 3 rings (SSSR count). The molecule has 0 aliphatic heterocycles. The van der Waals surface area contributed by atoms with Crippen LogP contribution < -0.4 is 5.56 Å². The molecule has 21 heavy (non-hydrogen) atoms. The van der Waals surface area contributed by atoms with Crippen molar-refractivity contribution < 1.29 is 5.11 Å². The Kier molecular flexibility index (Phi) is 3.11. The number of halogens is 1. The van der Waals surface area contributed by atoms with Crippen LogP contribution in [0.25, 0.3) is 16.9 Å². The molecule has 0 saturated carbocycles. The minimum atomic E-state index is -0.905. The van der Waals surface area contributed by atoms with Gasteiger partial charge in [-0.1, -0.05) is 35.9 Å². The van der Waals surface area contributed by atoms with E-state index in [1.54, 1.807) is 26.1 Å². The molecule has 6 heteroatoms. The first-order chi connectivity index (χ1) is 9.84. The van der Waals surface area contributed by atoms with Crippen molar-refractivity contribution in [3.05, 3.63) is 57.5 Å². The smallest absolute Gasteiger partial charge is 0.275 e. The van der Waals surface area contributed by atoms with Gasteiger partial charge in [-0.3, -0.25) is 4.79 Å². The van der Waals surface area contributed by atoms with Gasteiger partial charge in [-0.05, 0) is 25.5 Å². The van der Waals surface area contributed by atoms with Gasteiger partial charge >= 0.3 is 0 Å². The molecule has 0 aliphatic carbocycles. The lowest BCUT2D eigenvalue weighted by molar-refractivity contribution is 0.0786. The first-order valence-corrected chi connectivity index (χ1v) is 6.84. The zero-order valence-electron chi connectivity index (χ0n) is 11.6. The number of rotatable bonds is 2. The van der Waals surface area contributed by atoms with Crippen molar-refractivity contribution >= 4 is 17.1 Å². The molecular weight excluding hydrogens is 290 g/mol. The lowest BCUT2D eigenvalue weighted by Crippen LogP contribution is -2.15. The highest BCUT2D eigenvalue weighted by Crippen LogP contribution is 2.22. The maximum absolute atomic E-state index is 12.0. The summed E-state index contributed by atoms with van der Waals surface area (Å²) in [4.78, 5) is 14.7. The molecule has 2 heterocycles. The topological polar surface area (TPSA) is 70.4 Å². The summed E-state index contributed by atoms with van der Waals surface area (Å²) in [5, 5.41) is 14.7. The van der Waals surface area contributed by atoms with Crippen LogP contribution in [-0.2, 0) is 5.60 Å². The fourth-order valence-corrected chi connectivity index (χ4v) is 2.34. The van der Waals surface area contributed by atoms with Crippen LogP contribution in [0.5, 0.6) is 0 Å². The fraction of sp³-hybridized carbons (Fsp3) is 0.200. The zero-order valence-corrected chi connectivity index (χ0v) is 12.3. The standard InChI is InChI=1S/C15H14ClN3O2/c1-15(2,21)10-5-3-9(4-6-10)13-17-14(20)12-7-11(16)8-19(12)18-13/h3-8,21H,1-2H3,(H,17,18,20). The van der Waals surface area contributed by atoms with Gasteiger partial charge in [0.15, 0.2) is 5.82 Å². The second-order valence-corrected chi connectivity index (χ2v) is 5.86. The van der Waals surface area contributed by atoms with Crippen LogP contribution >= 0.6 is 11.6 Å². The monoisotopic (exact) mass is 303 g/mol. The predicted octanol–water partition coefficient (Wildman–Crippen LogP) is 2.57. The molecule has 2 N–H and O–H groups in total. The van der Waals surface area contributed by atoms with E-state index >= 15 is 0 Å². The average molecular weight is 304 g/mol. The first-order valence-electron chi connectivity index (χ1n) is 6.46. The van der Waals surface area contributed by atoms with Gasteiger partial charge < -0.3 is 10.1 Å². The van der Waals surface area contributed by atoms with Crippen LogP contribution in [0.15, 0.2) is 41.3 Å². The van der Waals surface area contributed by atoms with Crippen LogP contribution in [0.2, 0.25) is 5.02 Å². The Bertz CT molecular complexity index is 857. The summed E-state index contributed by atoms with van der Waals surface area (Å²) >= 11 is 5.88. The Labute approximate surface area is 125 Å². The van der Waals surface area contributed by atoms with Gasteiger partial charge in [0.25, 0.3) is 5.56 Å². The molecule has 0 saturated heterocycles. The van der Waals surface area contributed by atoms with Crippen LogP contribution in [-0.4, -0.2) is 19.7 Å². The molecule has 0 aliphatic rings. The van der Waals surface area contributed by atoms with E-state index in [1.165, 1.54) is 4.52 Å². The molecular formula is C15H14ClN3O2. The largest absolute Gasteiger partial charge is 0.386 e. The molecule has 1 aromatic carbocycles. The summed E-state index contributed by atoms with van der Waals surface area (Å²) in [6.45, 7) is 3.44. The maximum atomic E-state index is 12.0. The van der Waals surface area contributed by atoms with E-state index in [4.69, 9.17) is 11.6 Å². The molecule has 2 aromatic heterocycles. The van der Waals surface area contributed by atoms with E-state index in [9.17, 15) is 9.90 Å². The normalized spacial score (nSPS) is 12.0. The minimum absolute atomic E-state index is 0.251. The Hall–Kier alpha value is -2.11. The van der Waals surface area contributed by atoms with Crippen molar-refractivity contribution in [2.24, 2.45) is 0 Å². The summed E-state index contributed by atoms with van der Waals surface area (Å²) in [7, 11) is 0. The van der Waals surface area contributed by atoms with E-state index in [0.717, 1.165) is 11.1 Å². The van der Waals surface area contributed by atoms with Crippen LogP contribution in [0.4, 0.5) is 0 Å². The van der Waals surface area contributed by atoms with E-state index in [-0.39, 0.29) is 5.56 Å². The Morgan fingerprint density at radius 1 is 1.29 bits per heavy atom. The Balaban J connectivity index is 2.10. The van der Waals surface area contributed by atoms with Crippen molar-refractivity contribution in [1.82, 2.24) is 14.6 Å². The minimum Gasteiger partial charge on any atom is -0.386 e. The van der Waals surface area contributed by atoms with Gasteiger partial charge in [-0.25, -0.2) is 4.52 Å². The number of aromatic amines is 1. The number of aromatic nitrogens is 3. The molecule has 3 aromatic rings. The summed E-state index contributed by atoms with van der Waals surface area (Å²) in [5.74, 6) is 0.446. The van der Waals surface area contributed by atoms with Gasteiger partial charge in [0, 0.05) is 11.8 Å². The van der Waals surface area contributed by atoms with E-state index in [0.29, 0.717) is 16.4 Å². The first kappa shape index (κ1) is 13.9. The SMILES string of the molecule is CC(C)(O)c1ccc(-c2nn3cc(Cl)cc3c(=O)[nH]2)cc1. The highest BCUT2D eigenvalue weighted by atomic mass is 35.5. The average Bonchev–Trinajstić information content (AvgIpc) is 2.79. The number of nitrogens with zero attached hydrogens (tertiary/aromatic N) is 2. The highest BCUT2D eigenvalue weighted by Gasteiger charge is 2.16. The van der Waals surface area contributed by atoms with E-state index < -0.39 is 5.60 Å². The van der Waals surface area contributed by atoms with Crippen molar-refractivity contribution in [3.8, 4) is 11.4 Å². The maximum Gasteiger partial charge on any atom is 0.275 e. The lowest BCUT2D eigenvalue weighted by atomic mass is 9.97. The molecule has 0 fully saturated rings. The van der Waals surface area contributed by atoms with Crippen molar-refractivity contribution in [3.63, 3.8) is 0 Å². The van der Waals surface area contributed by atoms with Crippen molar-refractivity contribution in [1.29, 1.82) is 0 Å². The Morgan fingerprint density at radius 3 is 2.57 bits per heavy atom. The van der Waals surface area contributed by atoms with Gasteiger partial charge in [0.2, 0.25) is 0 Å². The second-order valence-electron chi connectivity index (χ2n) is 5.43. The molecule has 0 spiro atoms. The molecule has 0 amide bonds. The third kappa shape index (κ3) is 2.57. The lowest BCUT2D eigenvalue weighted by Gasteiger charge is -2.17. The number of fused-ring (bicyclic) bond motifs is 1. The van der Waals surface area contributed by atoms with Gasteiger partial charge in [0.05, 0.1) is 10.6 Å². The number of nitrogens with one attached hydrogen (secondary N) is 1.